The number of aromatic nitrogens is 3. The van der Waals surface area contributed by atoms with Gasteiger partial charge >= 0.3 is 0 Å². The second-order valence-corrected chi connectivity index (χ2v) is 16.2. The Kier molecular flexibility index (Phi) is 7.87. The van der Waals surface area contributed by atoms with Crippen LogP contribution in [0.1, 0.15) is 0 Å². The molecule has 11 rings (SSSR count). The van der Waals surface area contributed by atoms with Crippen molar-refractivity contribution in [1.29, 1.82) is 0 Å². The van der Waals surface area contributed by atoms with E-state index in [-0.39, 0.29) is 0 Å². The van der Waals surface area contributed by atoms with Gasteiger partial charge < -0.3 is 0 Å². The fourth-order valence-electron chi connectivity index (χ4n) is 7.78. The molecule has 0 saturated carbocycles. The number of fused-ring (bicyclic) bond motifs is 6. The van der Waals surface area contributed by atoms with E-state index in [2.05, 4.69) is 164 Å². The predicted octanol–water partition coefficient (Wildman–Crippen LogP) is 14.6. The van der Waals surface area contributed by atoms with Gasteiger partial charge in [-0.2, -0.15) is 0 Å². The van der Waals surface area contributed by atoms with E-state index in [0.717, 1.165) is 27.8 Å². The number of benzene rings is 8. The van der Waals surface area contributed by atoms with Crippen molar-refractivity contribution >= 4 is 63.0 Å². The molecule has 11 aromatic rings. The molecule has 0 fully saturated rings. The molecule has 262 valence electrons. The Labute approximate surface area is 331 Å². The molecule has 3 nitrogen and oxygen atoms in total. The number of hydrogen-bond acceptors (Lipinski definition) is 5. The van der Waals surface area contributed by atoms with Crippen LogP contribution in [0.25, 0.3) is 108 Å². The summed E-state index contributed by atoms with van der Waals surface area (Å²) in [5.74, 6) is 1.96. The van der Waals surface area contributed by atoms with Crippen molar-refractivity contribution in [3.63, 3.8) is 0 Å². The molecule has 3 heterocycles. The third-order valence-electron chi connectivity index (χ3n) is 10.6. The molecular weight excluding hydrogens is 719 g/mol. The molecule has 0 aliphatic rings. The third-order valence-corrected chi connectivity index (χ3v) is 12.8. The standard InChI is InChI=1S/C51H31N3S2/c1-3-12-32(13-4-1)34-16-11-17-37(28-34)50-52-49(33-14-5-2-6-15-33)53-51(54-50)38-23-26-43-44-29-35(24-27-46(44)56-48(43)31-38)39-18-7-8-19-40(39)36-22-25-42-41-20-9-10-21-45(41)55-47(42)30-36/h1-31H. The molecule has 8 aromatic carbocycles. The van der Waals surface area contributed by atoms with Crippen LogP contribution in [0.5, 0.6) is 0 Å². The molecule has 0 radical (unpaired) electrons. The van der Waals surface area contributed by atoms with Gasteiger partial charge in [-0.15, -0.1) is 22.7 Å². The van der Waals surface area contributed by atoms with E-state index in [0.29, 0.717) is 17.5 Å². The Morgan fingerprint density at radius 1 is 0.250 bits per heavy atom. The largest absolute Gasteiger partial charge is 0.208 e. The number of rotatable bonds is 6. The average molecular weight is 750 g/mol. The maximum absolute atomic E-state index is 5.10. The van der Waals surface area contributed by atoms with Gasteiger partial charge in [-0.1, -0.05) is 152 Å². The second-order valence-electron chi connectivity index (χ2n) is 14.0. The molecule has 56 heavy (non-hydrogen) atoms. The normalized spacial score (nSPS) is 11.6. The summed E-state index contributed by atoms with van der Waals surface area (Å²) in [5, 5.41) is 5.13. The van der Waals surface area contributed by atoms with E-state index >= 15 is 0 Å². The maximum Gasteiger partial charge on any atom is 0.164 e. The van der Waals surface area contributed by atoms with Gasteiger partial charge in [-0.3, -0.25) is 0 Å². The molecule has 0 aliphatic carbocycles. The van der Waals surface area contributed by atoms with Crippen molar-refractivity contribution in [2.24, 2.45) is 0 Å². The molecular formula is C51H31N3S2. The first kappa shape index (κ1) is 32.6. The molecule has 0 amide bonds. The van der Waals surface area contributed by atoms with Crippen LogP contribution < -0.4 is 0 Å². The van der Waals surface area contributed by atoms with Crippen LogP contribution in [0.15, 0.2) is 188 Å². The molecule has 3 aromatic heterocycles. The SMILES string of the molecule is c1ccc(-c2cccc(-c3nc(-c4ccccc4)nc(-c4ccc5c(c4)sc4ccc(-c6ccccc6-c6ccc7c(c6)sc6ccccc67)cc45)n3)c2)cc1. The minimum absolute atomic E-state index is 0.651. The molecule has 0 unspecified atom stereocenters. The maximum atomic E-state index is 5.10. The third kappa shape index (κ3) is 5.77. The van der Waals surface area contributed by atoms with Crippen molar-refractivity contribution in [3.8, 4) is 67.5 Å². The molecule has 0 N–H and O–H groups in total. The molecule has 0 saturated heterocycles. The van der Waals surface area contributed by atoms with Crippen LogP contribution in [-0.4, -0.2) is 15.0 Å². The van der Waals surface area contributed by atoms with Crippen molar-refractivity contribution in [3.05, 3.63) is 188 Å². The summed E-state index contributed by atoms with van der Waals surface area (Å²) in [5.41, 5.74) is 10.1. The predicted molar refractivity (Wildman–Crippen MR) is 238 cm³/mol. The summed E-state index contributed by atoms with van der Waals surface area (Å²) < 4.78 is 5.10. The summed E-state index contributed by atoms with van der Waals surface area (Å²) in [7, 11) is 0. The highest BCUT2D eigenvalue weighted by Crippen LogP contribution is 2.42. The van der Waals surface area contributed by atoms with Gasteiger partial charge in [0.25, 0.3) is 0 Å². The van der Waals surface area contributed by atoms with Crippen LogP contribution in [0.2, 0.25) is 0 Å². The van der Waals surface area contributed by atoms with Gasteiger partial charge in [-0.25, -0.2) is 15.0 Å². The summed E-state index contributed by atoms with van der Waals surface area (Å²) in [6.45, 7) is 0. The zero-order chi connectivity index (χ0) is 37.0. The fraction of sp³-hybridized carbons (Fsp3) is 0. The highest BCUT2D eigenvalue weighted by atomic mass is 32.1. The van der Waals surface area contributed by atoms with Gasteiger partial charge in [-0.05, 0) is 69.8 Å². The molecule has 0 aliphatic heterocycles. The average Bonchev–Trinajstić information content (AvgIpc) is 3.84. The Bertz CT molecular complexity index is 3250. The summed E-state index contributed by atoms with van der Waals surface area (Å²) >= 11 is 3.67. The van der Waals surface area contributed by atoms with E-state index in [1.165, 1.54) is 62.6 Å². The van der Waals surface area contributed by atoms with E-state index in [9.17, 15) is 0 Å². The van der Waals surface area contributed by atoms with Crippen LogP contribution in [0, 0.1) is 0 Å². The summed E-state index contributed by atoms with van der Waals surface area (Å²) in [6, 6.07) is 66.9. The molecule has 0 spiro atoms. The van der Waals surface area contributed by atoms with Crippen LogP contribution >= 0.6 is 22.7 Å². The quantitative estimate of drug-likeness (QED) is 0.170. The first-order valence-corrected chi connectivity index (χ1v) is 20.3. The molecule has 0 bridgehead atoms. The minimum atomic E-state index is 0.651. The fourth-order valence-corrected chi connectivity index (χ4v) is 10.1. The Morgan fingerprint density at radius 2 is 0.714 bits per heavy atom. The minimum Gasteiger partial charge on any atom is -0.208 e. The topological polar surface area (TPSA) is 38.7 Å². The van der Waals surface area contributed by atoms with E-state index in [4.69, 9.17) is 15.0 Å². The van der Waals surface area contributed by atoms with Crippen molar-refractivity contribution in [2.45, 2.75) is 0 Å². The van der Waals surface area contributed by atoms with E-state index in [1.807, 2.05) is 46.9 Å². The smallest absolute Gasteiger partial charge is 0.164 e. The lowest BCUT2D eigenvalue weighted by Gasteiger charge is -2.11. The molecule has 0 atom stereocenters. The Morgan fingerprint density at radius 3 is 1.45 bits per heavy atom. The number of hydrogen-bond donors (Lipinski definition) is 0. The van der Waals surface area contributed by atoms with E-state index in [1.54, 1.807) is 0 Å². The van der Waals surface area contributed by atoms with Crippen LogP contribution in [0.4, 0.5) is 0 Å². The van der Waals surface area contributed by atoms with Crippen LogP contribution in [-0.2, 0) is 0 Å². The summed E-state index contributed by atoms with van der Waals surface area (Å²) in [4.78, 5) is 15.2. The zero-order valence-corrected chi connectivity index (χ0v) is 31.7. The van der Waals surface area contributed by atoms with Gasteiger partial charge in [0.1, 0.15) is 0 Å². The van der Waals surface area contributed by atoms with Crippen molar-refractivity contribution < 1.29 is 0 Å². The van der Waals surface area contributed by atoms with Crippen molar-refractivity contribution in [2.75, 3.05) is 0 Å². The summed E-state index contributed by atoms with van der Waals surface area (Å²) in [6.07, 6.45) is 0. The van der Waals surface area contributed by atoms with Crippen LogP contribution in [0.3, 0.4) is 0 Å². The molecule has 5 heteroatoms. The highest BCUT2D eigenvalue weighted by Gasteiger charge is 2.16. The highest BCUT2D eigenvalue weighted by molar-refractivity contribution is 7.26. The lowest BCUT2D eigenvalue weighted by atomic mass is 9.93. The van der Waals surface area contributed by atoms with Gasteiger partial charge in [0.2, 0.25) is 0 Å². The zero-order valence-electron chi connectivity index (χ0n) is 30.1. The second kappa shape index (κ2) is 13.5. The van der Waals surface area contributed by atoms with Gasteiger partial charge in [0, 0.05) is 57.0 Å². The number of thiophene rings is 2. The Balaban J connectivity index is 0.994. The monoisotopic (exact) mass is 749 g/mol. The number of nitrogens with zero attached hydrogens (tertiary/aromatic N) is 3. The van der Waals surface area contributed by atoms with Gasteiger partial charge in [0.15, 0.2) is 17.5 Å². The first-order chi connectivity index (χ1) is 27.7. The first-order valence-electron chi connectivity index (χ1n) is 18.7. The lowest BCUT2D eigenvalue weighted by molar-refractivity contribution is 1.07. The lowest BCUT2D eigenvalue weighted by Crippen LogP contribution is -2.00. The Hall–Kier alpha value is -6.79. The van der Waals surface area contributed by atoms with Gasteiger partial charge in [0.05, 0.1) is 0 Å². The van der Waals surface area contributed by atoms with Crippen molar-refractivity contribution in [1.82, 2.24) is 15.0 Å². The van der Waals surface area contributed by atoms with E-state index < -0.39 is 0 Å².